The van der Waals surface area contributed by atoms with Gasteiger partial charge in [0, 0.05) is 6.54 Å². The molecule has 0 aliphatic carbocycles. The van der Waals surface area contributed by atoms with Crippen molar-refractivity contribution < 1.29 is 22.0 Å². The molecular formula is C10H12F2N2O3S. The fourth-order valence-electron chi connectivity index (χ4n) is 1.29. The van der Waals surface area contributed by atoms with Crippen molar-refractivity contribution in [3.8, 4) is 0 Å². The Kier molecular flexibility index (Phi) is 4.36. The van der Waals surface area contributed by atoms with Gasteiger partial charge in [-0.15, -0.1) is 0 Å². The van der Waals surface area contributed by atoms with Crippen LogP contribution < -0.4 is 10.5 Å². The standard InChI is InChI=1S/C10H12F2N2O3S/c1-2-5-14-10(15)8-6(11)3-4-7(9(8)12)18(13,16)17/h3-4H,2,5H2,1H3,(H,14,15)(H2,13,16,17). The van der Waals surface area contributed by atoms with Gasteiger partial charge in [0.05, 0.1) is 0 Å². The summed E-state index contributed by atoms with van der Waals surface area (Å²) >= 11 is 0. The molecule has 0 unspecified atom stereocenters. The fourth-order valence-corrected chi connectivity index (χ4v) is 1.90. The van der Waals surface area contributed by atoms with Gasteiger partial charge in [0.2, 0.25) is 10.0 Å². The molecule has 1 aromatic carbocycles. The van der Waals surface area contributed by atoms with Crippen molar-refractivity contribution in [1.82, 2.24) is 5.32 Å². The Balaban J connectivity index is 3.31. The lowest BCUT2D eigenvalue weighted by molar-refractivity contribution is 0.0944. The minimum atomic E-state index is -4.35. The molecule has 0 saturated heterocycles. The van der Waals surface area contributed by atoms with Crippen molar-refractivity contribution in [3.05, 3.63) is 29.3 Å². The molecule has 1 rings (SSSR count). The summed E-state index contributed by atoms with van der Waals surface area (Å²) < 4.78 is 49.2. The number of nitrogens with two attached hydrogens (primary N) is 1. The number of carbonyl (C=O) groups is 1. The summed E-state index contributed by atoms with van der Waals surface area (Å²) in [6, 6.07) is 1.36. The first-order chi connectivity index (χ1) is 8.29. The van der Waals surface area contributed by atoms with Crippen molar-refractivity contribution >= 4 is 15.9 Å². The lowest BCUT2D eigenvalue weighted by atomic mass is 10.2. The fraction of sp³-hybridized carbons (Fsp3) is 0.300. The Morgan fingerprint density at radius 1 is 1.39 bits per heavy atom. The first-order valence-corrected chi connectivity index (χ1v) is 6.62. The average Bonchev–Trinajstić information content (AvgIpc) is 2.24. The van der Waals surface area contributed by atoms with Crippen LogP contribution in [0.4, 0.5) is 8.78 Å². The molecular weight excluding hydrogens is 266 g/mol. The Bertz CT molecular complexity index is 573. The first kappa shape index (κ1) is 14.5. The van der Waals surface area contributed by atoms with Crippen LogP contribution in [0.1, 0.15) is 23.7 Å². The van der Waals surface area contributed by atoms with E-state index in [1.165, 1.54) is 0 Å². The van der Waals surface area contributed by atoms with E-state index in [1.54, 1.807) is 6.92 Å². The third-order valence-electron chi connectivity index (χ3n) is 2.12. The molecule has 100 valence electrons. The quantitative estimate of drug-likeness (QED) is 0.851. The third kappa shape index (κ3) is 3.02. The number of benzene rings is 1. The van der Waals surface area contributed by atoms with Crippen LogP contribution in [0.5, 0.6) is 0 Å². The molecule has 8 heteroatoms. The van der Waals surface area contributed by atoms with Gasteiger partial charge in [-0.1, -0.05) is 6.92 Å². The maximum absolute atomic E-state index is 13.7. The van der Waals surface area contributed by atoms with E-state index < -0.39 is 38.0 Å². The van der Waals surface area contributed by atoms with Crippen LogP contribution in [0.25, 0.3) is 0 Å². The molecule has 0 fully saturated rings. The Labute approximate surface area is 103 Å². The van der Waals surface area contributed by atoms with Crippen molar-refractivity contribution in [2.24, 2.45) is 5.14 Å². The Morgan fingerprint density at radius 2 is 2.00 bits per heavy atom. The number of carbonyl (C=O) groups excluding carboxylic acids is 1. The normalized spacial score (nSPS) is 11.3. The van der Waals surface area contributed by atoms with Crippen LogP contribution in [0.15, 0.2) is 17.0 Å². The van der Waals surface area contributed by atoms with Crippen LogP contribution in [0.2, 0.25) is 0 Å². The number of amides is 1. The molecule has 18 heavy (non-hydrogen) atoms. The molecule has 0 aromatic heterocycles. The molecule has 0 aliphatic rings. The monoisotopic (exact) mass is 278 g/mol. The minimum Gasteiger partial charge on any atom is -0.352 e. The minimum absolute atomic E-state index is 0.220. The Hall–Kier alpha value is -1.54. The lowest BCUT2D eigenvalue weighted by Gasteiger charge is -2.08. The maximum atomic E-state index is 13.7. The van der Waals surface area contributed by atoms with Crippen molar-refractivity contribution in [3.63, 3.8) is 0 Å². The molecule has 0 saturated carbocycles. The second-order valence-electron chi connectivity index (χ2n) is 3.54. The molecule has 0 spiro atoms. The van der Waals surface area contributed by atoms with Gasteiger partial charge in [0.25, 0.3) is 5.91 Å². The largest absolute Gasteiger partial charge is 0.352 e. The van der Waals surface area contributed by atoms with E-state index in [0.29, 0.717) is 18.6 Å². The topological polar surface area (TPSA) is 89.3 Å². The van der Waals surface area contributed by atoms with Crippen LogP contribution in [-0.2, 0) is 10.0 Å². The maximum Gasteiger partial charge on any atom is 0.257 e. The van der Waals surface area contributed by atoms with Gasteiger partial charge < -0.3 is 5.32 Å². The van der Waals surface area contributed by atoms with E-state index >= 15 is 0 Å². The predicted molar refractivity (Wildman–Crippen MR) is 60.4 cm³/mol. The molecule has 1 aromatic rings. The van der Waals surface area contributed by atoms with Crippen LogP contribution in [-0.4, -0.2) is 20.9 Å². The molecule has 0 bridgehead atoms. The van der Waals surface area contributed by atoms with E-state index in [4.69, 9.17) is 5.14 Å². The molecule has 3 N–H and O–H groups in total. The van der Waals surface area contributed by atoms with Gasteiger partial charge in [-0.2, -0.15) is 0 Å². The van der Waals surface area contributed by atoms with Gasteiger partial charge in [-0.25, -0.2) is 22.3 Å². The van der Waals surface area contributed by atoms with E-state index in [-0.39, 0.29) is 6.54 Å². The molecule has 1 amide bonds. The molecule has 0 radical (unpaired) electrons. The molecule has 0 aliphatic heterocycles. The van der Waals surface area contributed by atoms with Crippen molar-refractivity contribution in [2.45, 2.75) is 18.2 Å². The molecule has 0 heterocycles. The van der Waals surface area contributed by atoms with Gasteiger partial charge in [-0.05, 0) is 18.6 Å². The van der Waals surface area contributed by atoms with Crippen molar-refractivity contribution in [2.75, 3.05) is 6.54 Å². The lowest BCUT2D eigenvalue weighted by Crippen LogP contribution is -2.27. The van der Waals surface area contributed by atoms with Crippen molar-refractivity contribution in [1.29, 1.82) is 0 Å². The SMILES string of the molecule is CCCNC(=O)c1c(F)ccc(S(N)(=O)=O)c1F. The Morgan fingerprint density at radius 3 is 2.50 bits per heavy atom. The van der Waals surface area contributed by atoms with Crippen LogP contribution >= 0.6 is 0 Å². The summed E-state index contributed by atoms with van der Waals surface area (Å²) in [7, 11) is -4.35. The van der Waals surface area contributed by atoms with Gasteiger partial charge in [-0.3, -0.25) is 4.79 Å². The summed E-state index contributed by atoms with van der Waals surface area (Å²) in [4.78, 5) is 10.6. The number of primary sulfonamides is 1. The van der Waals surface area contributed by atoms with Crippen LogP contribution in [0.3, 0.4) is 0 Å². The van der Waals surface area contributed by atoms with Gasteiger partial charge >= 0.3 is 0 Å². The second kappa shape index (κ2) is 5.40. The smallest absolute Gasteiger partial charge is 0.257 e. The number of rotatable bonds is 4. The summed E-state index contributed by atoms with van der Waals surface area (Å²) in [5.41, 5.74) is -0.949. The number of hydrogen-bond acceptors (Lipinski definition) is 3. The van der Waals surface area contributed by atoms with Gasteiger partial charge in [0.1, 0.15) is 16.3 Å². The first-order valence-electron chi connectivity index (χ1n) is 5.08. The summed E-state index contributed by atoms with van der Waals surface area (Å²) in [6.07, 6.45) is 0.573. The van der Waals surface area contributed by atoms with Crippen LogP contribution in [0, 0.1) is 11.6 Å². The summed E-state index contributed by atoms with van der Waals surface area (Å²) in [5.74, 6) is -3.64. The summed E-state index contributed by atoms with van der Waals surface area (Å²) in [6.45, 7) is 1.98. The van der Waals surface area contributed by atoms with Gasteiger partial charge in [0.15, 0.2) is 5.82 Å². The highest BCUT2D eigenvalue weighted by atomic mass is 32.2. The van der Waals surface area contributed by atoms with E-state index in [9.17, 15) is 22.0 Å². The molecule has 5 nitrogen and oxygen atoms in total. The number of sulfonamides is 1. The predicted octanol–water partition coefficient (Wildman–Crippen LogP) is 0.752. The van der Waals surface area contributed by atoms with E-state index in [1.807, 2.05) is 0 Å². The zero-order chi connectivity index (χ0) is 13.9. The highest BCUT2D eigenvalue weighted by Crippen LogP contribution is 2.20. The summed E-state index contributed by atoms with van der Waals surface area (Å²) in [5, 5.41) is 7.01. The zero-order valence-electron chi connectivity index (χ0n) is 9.54. The van der Waals surface area contributed by atoms with E-state index in [2.05, 4.69) is 5.32 Å². The highest BCUT2D eigenvalue weighted by molar-refractivity contribution is 7.89. The zero-order valence-corrected chi connectivity index (χ0v) is 10.4. The average molecular weight is 278 g/mol. The number of halogens is 2. The van der Waals surface area contributed by atoms with E-state index in [0.717, 1.165) is 0 Å². The molecule has 0 atom stereocenters. The second-order valence-corrected chi connectivity index (χ2v) is 5.07. The number of hydrogen-bond donors (Lipinski definition) is 2. The number of nitrogens with one attached hydrogen (secondary N) is 1. The highest BCUT2D eigenvalue weighted by Gasteiger charge is 2.24. The third-order valence-corrected chi connectivity index (χ3v) is 3.05.